The van der Waals surface area contributed by atoms with Crippen LogP contribution in [0.5, 0.6) is 5.75 Å². The van der Waals surface area contributed by atoms with Gasteiger partial charge in [-0.25, -0.2) is 0 Å². The Labute approximate surface area is 162 Å². The molecule has 0 radical (unpaired) electrons. The molecule has 0 atom stereocenters. The number of para-hydroxylation sites is 1. The van der Waals surface area contributed by atoms with Crippen LogP contribution in [-0.4, -0.2) is 22.9 Å². The first-order valence-electron chi connectivity index (χ1n) is 8.38. The second-order valence-corrected chi connectivity index (χ2v) is 6.61. The lowest BCUT2D eigenvalue weighted by Crippen LogP contribution is -2.17. The first-order chi connectivity index (χ1) is 12.9. The molecule has 5 nitrogen and oxygen atoms in total. The zero-order valence-corrected chi connectivity index (χ0v) is 15.8. The summed E-state index contributed by atoms with van der Waals surface area (Å²) in [4.78, 5) is 24.2. The molecule has 138 valence electrons. The number of rotatable bonds is 6. The number of carbonyl (C=O) groups excluding carboxylic acids is 2. The molecule has 3 aromatic rings. The summed E-state index contributed by atoms with van der Waals surface area (Å²) in [5, 5.41) is 0.652. The van der Waals surface area contributed by atoms with Crippen molar-refractivity contribution in [3.63, 3.8) is 0 Å². The van der Waals surface area contributed by atoms with E-state index in [0.29, 0.717) is 16.3 Å². The van der Waals surface area contributed by atoms with Gasteiger partial charge in [-0.05, 0) is 56.3 Å². The van der Waals surface area contributed by atoms with Gasteiger partial charge in [0.1, 0.15) is 5.75 Å². The number of nitrogens with zero attached hydrogens (tertiary/aromatic N) is 1. The van der Waals surface area contributed by atoms with E-state index in [1.165, 1.54) is 0 Å². The maximum absolute atomic E-state index is 12.7. The molecule has 0 saturated carbocycles. The number of aryl methyl sites for hydroxylation is 1. The maximum atomic E-state index is 12.7. The summed E-state index contributed by atoms with van der Waals surface area (Å²) in [7, 11) is 0. The van der Waals surface area contributed by atoms with Gasteiger partial charge in [-0.3, -0.25) is 9.59 Å². The number of nitrogens with two attached hydrogens (primary N) is 1. The van der Waals surface area contributed by atoms with Crippen molar-refractivity contribution in [1.29, 1.82) is 0 Å². The van der Waals surface area contributed by atoms with Crippen molar-refractivity contribution in [3.8, 4) is 11.4 Å². The third-order valence-corrected chi connectivity index (χ3v) is 4.58. The van der Waals surface area contributed by atoms with E-state index >= 15 is 0 Å². The fraction of sp³-hybridized carbons (Fsp3) is 0.143. The minimum atomic E-state index is -0.598. The molecule has 2 aromatic carbocycles. The highest BCUT2D eigenvalue weighted by molar-refractivity contribution is 6.30. The molecule has 0 aliphatic heterocycles. The van der Waals surface area contributed by atoms with Crippen LogP contribution in [0, 0.1) is 13.8 Å². The van der Waals surface area contributed by atoms with Crippen LogP contribution < -0.4 is 10.5 Å². The van der Waals surface area contributed by atoms with Crippen molar-refractivity contribution in [1.82, 2.24) is 4.57 Å². The fourth-order valence-electron chi connectivity index (χ4n) is 3.05. The smallest absolute Gasteiger partial charge is 0.252 e. The number of primary amides is 1. The summed E-state index contributed by atoms with van der Waals surface area (Å²) in [6.07, 6.45) is 0. The van der Waals surface area contributed by atoms with Gasteiger partial charge < -0.3 is 15.0 Å². The Kier molecular flexibility index (Phi) is 5.33. The predicted octanol–water partition coefficient (Wildman–Crippen LogP) is 4.11. The van der Waals surface area contributed by atoms with E-state index in [2.05, 4.69) is 0 Å². The summed E-state index contributed by atoms with van der Waals surface area (Å²) < 4.78 is 7.55. The first-order valence-corrected chi connectivity index (χ1v) is 8.76. The molecule has 1 heterocycles. The lowest BCUT2D eigenvalue weighted by atomic mass is 10.1. The molecule has 0 unspecified atom stereocenters. The second-order valence-electron chi connectivity index (χ2n) is 6.17. The van der Waals surface area contributed by atoms with Crippen molar-refractivity contribution >= 4 is 23.3 Å². The van der Waals surface area contributed by atoms with Gasteiger partial charge in [0, 0.05) is 27.7 Å². The van der Waals surface area contributed by atoms with Crippen LogP contribution in [0.2, 0.25) is 5.02 Å². The highest BCUT2D eigenvalue weighted by Crippen LogP contribution is 2.23. The standard InChI is InChI=1S/C21H19ClN2O3/c1-13-11-18(14(2)24(13)16-9-7-15(22)8-10-16)19(25)12-27-20-6-4-3-5-17(20)21(23)26/h3-11H,12H2,1-2H3,(H2,23,26). The number of hydrogen-bond donors (Lipinski definition) is 1. The second kappa shape index (κ2) is 7.68. The van der Waals surface area contributed by atoms with Crippen molar-refractivity contribution < 1.29 is 14.3 Å². The van der Waals surface area contributed by atoms with Gasteiger partial charge in [0.15, 0.2) is 6.61 Å². The molecule has 0 aliphatic rings. The molecular formula is C21H19ClN2O3. The van der Waals surface area contributed by atoms with Gasteiger partial charge in [-0.2, -0.15) is 0 Å². The van der Waals surface area contributed by atoms with Gasteiger partial charge in [0.25, 0.3) is 5.91 Å². The van der Waals surface area contributed by atoms with Crippen LogP contribution in [0.3, 0.4) is 0 Å². The van der Waals surface area contributed by atoms with Crippen LogP contribution in [-0.2, 0) is 0 Å². The van der Waals surface area contributed by atoms with Crippen LogP contribution in [0.1, 0.15) is 32.1 Å². The SMILES string of the molecule is Cc1cc(C(=O)COc2ccccc2C(N)=O)c(C)n1-c1ccc(Cl)cc1. The number of Topliss-reactive ketones (excluding diaryl/α,β-unsaturated/α-hetero) is 1. The van der Waals surface area contributed by atoms with E-state index in [9.17, 15) is 9.59 Å². The summed E-state index contributed by atoms with van der Waals surface area (Å²) in [5.74, 6) is -0.480. The number of benzene rings is 2. The zero-order chi connectivity index (χ0) is 19.6. The molecule has 0 spiro atoms. The molecule has 0 aliphatic carbocycles. The minimum Gasteiger partial charge on any atom is -0.485 e. The van der Waals surface area contributed by atoms with Gasteiger partial charge in [0.05, 0.1) is 5.56 Å². The molecule has 1 aromatic heterocycles. The van der Waals surface area contributed by atoms with E-state index in [4.69, 9.17) is 22.1 Å². The van der Waals surface area contributed by atoms with Crippen LogP contribution in [0.25, 0.3) is 5.69 Å². The summed E-state index contributed by atoms with van der Waals surface area (Å²) in [6.45, 7) is 3.63. The van der Waals surface area contributed by atoms with Crippen LogP contribution in [0.4, 0.5) is 0 Å². The Balaban J connectivity index is 1.83. The first kappa shape index (κ1) is 18.7. The Morgan fingerprint density at radius 2 is 1.70 bits per heavy atom. The van der Waals surface area contributed by atoms with Gasteiger partial charge in [0.2, 0.25) is 5.78 Å². The molecular weight excluding hydrogens is 364 g/mol. The number of hydrogen-bond acceptors (Lipinski definition) is 3. The van der Waals surface area contributed by atoms with E-state index in [0.717, 1.165) is 17.1 Å². The highest BCUT2D eigenvalue weighted by atomic mass is 35.5. The van der Waals surface area contributed by atoms with Gasteiger partial charge in [-0.15, -0.1) is 0 Å². The number of ether oxygens (including phenoxy) is 1. The normalized spacial score (nSPS) is 10.6. The average Bonchev–Trinajstić information content (AvgIpc) is 2.95. The number of aromatic nitrogens is 1. The third kappa shape index (κ3) is 3.88. The molecule has 0 saturated heterocycles. The minimum absolute atomic E-state index is 0.178. The highest BCUT2D eigenvalue weighted by Gasteiger charge is 2.18. The third-order valence-electron chi connectivity index (χ3n) is 4.33. The molecule has 27 heavy (non-hydrogen) atoms. The number of amides is 1. The van der Waals surface area contributed by atoms with Crippen molar-refractivity contribution in [2.75, 3.05) is 6.61 Å². The quantitative estimate of drug-likeness (QED) is 0.652. The topological polar surface area (TPSA) is 74.3 Å². The van der Waals surface area contributed by atoms with E-state index in [1.54, 1.807) is 36.4 Å². The number of halogens is 1. The Morgan fingerprint density at radius 3 is 2.37 bits per heavy atom. The zero-order valence-electron chi connectivity index (χ0n) is 15.0. The maximum Gasteiger partial charge on any atom is 0.252 e. The molecule has 0 bridgehead atoms. The van der Waals surface area contributed by atoms with Crippen LogP contribution in [0.15, 0.2) is 54.6 Å². The fourth-order valence-corrected chi connectivity index (χ4v) is 3.18. The molecule has 3 rings (SSSR count). The van der Waals surface area contributed by atoms with Crippen molar-refractivity contribution in [2.24, 2.45) is 5.73 Å². The molecule has 6 heteroatoms. The number of carbonyl (C=O) groups is 2. The molecule has 0 fully saturated rings. The lowest BCUT2D eigenvalue weighted by molar-refractivity contribution is 0.0911. The summed E-state index contributed by atoms with van der Waals surface area (Å²) >= 11 is 5.96. The van der Waals surface area contributed by atoms with E-state index in [1.807, 2.05) is 36.6 Å². The lowest BCUT2D eigenvalue weighted by Gasteiger charge is -2.11. The van der Waals surface area contributed by atoms with Crippen molar-refractivity contribution in [2.45, 2.75) is 13.8 Å². The van der Waals surface area contributed by atoms with Crippen LogP contribution >= 0.6 is 11.6 Å². The Morgan fingerprint density at radius 1 is 1.04 bits per heavy atom. The van der Waals surface area contributed by atoms with E-state index < -0.39 is 5.91 Å². The van der Waals surface area contributed by atoms with Gasteiger partial charge in [-0.1, -0.05) is 23.7 Å². The molecule has 2 N–H and O–H groups in total. The summed E-state index contributed by atoms with van der Waals surface area (Å²) in [6, 6.07) is 15.8. The monoisotopic (exact) mass is 382 g/mol. The molecule has 1 amide bonds. The van der Waals surface area contributed by atoms with E-state index in [-0.39, 0.29) is 18.0 Å². The predicted molar refractivity (Wildman–Crippen MR) is 105 cm³/mol. The van der Waals surface area contributed by atoms with Crippen molar-refractivity contribution in [3.05, 3.63) is 82.1 Å². The number of ketones is 1. The van der Waals surface area contributed by atoms with Gasteiger partial charge >= 0.3 is 0 Å². The largest absolute Gasteiger partial charge is 0.485 e. The Hall–Kier alpha value is -3.05. The average molecular weight is 383 g/mol. The summed E-state index contributed by atoms with van der Waals surface area (Å²) in [5.41, 5.74) is 8.82. The Bertz CT molecular complexity index is 1010.